The van der Waals surface area contributed by atoms with Gasteiger partial charge in [-0.2, -0.15) is 5.10 Å². The first-order valence-corrected chi connectivity index (χ1v) is 8.47. The summed E-state index contributed by atoms with van der Waals surface area (Å²) in [5.41, 5.74) is 11.9. The van der Waals surface area contributed by atoms with E-state index < -0.39 is 0 Å². The molecule has 0 saturated carbocycles. The maximum absolute atomic E-state index is 13.4. The zero-order valence-corrected chi connectivity index (χ0v) is 17.2. The molecule has 0 atom stereocenters. The normalized spacial score (nSPS) is 12.9. The summed E-state index contributed by atoms with van der Waals surface area (Å²) in [4.78, 5) is 19.8. The fourth-order valence-electron chi connectivity index (χ4n) is 3.75. The lowest BCUT2D eigenvalue weighted by atomic mass is 9.98. The number of fused-ring (bicyclic) bond motifs is 2. The van der Waals surface area contributed by atoms with Gasteiger partial charge in [0.1, 0.15) is 0 Å². The number of nitrogens with zero attached hydrogens (tertiary/aromatic N) is 4. The van der Waals surface area contributed by atoms with Crippen LogP contribution in [0.1, 0.15) is 33.7 Å². The van der Waals surface area contributed by atoms with E-state index in [0.717, 1.165) is 52.2 Å². The van der Waals surface area contributed by atoms with Crippen LogP contribution in [0.15, 0.2) is 24.3 Å². The van der Waals surface area contributed by atoms with Crippen molar-refractivity contribution >= 4 is 53.1 Å². The first-order valence-electron chi connectivity index (χ1n) is 8.47. The van der Waals surface area contributed by atoms with Crippen LogP contribution >= 0.6 is 24.8 Å². The molecule has 0 saturated heterocycles. The minimum atomic E-state index is -0.0156. The van der Waals surface area contributed by atoms with E-state index >= 15 is 0 Å². The Bertz CT molecular complexity index is 1010. The van der Waals surface area contributed by atoms with Gasteiger partial charge < -0.3 is 10.6 Å². The highest BCUT2D eigenvalue weighted by molar-refractivity contribution is 6.14. The summed E-state index contributed by atoms with van der Waals surface area (Å²) in [5, 5.41) is 5.27. The Balaban J connectivity index is 0.00000131. The number of nitrogens with two attached hydrogens (primary N) is 1. The Morgan fingerprint density at radius 2 is 1.96 bits per heavy atom. The van der Waals surface area contributed by atoms with Crippen molar-refractivity contribution in [1.82, 2.24) is 14.8 Å². The molecule has 0 bridgehead atoms. The van der Waals surface area contributed by atoms with Crippen LogP contribution in [-0.2, 0) is 13.5 Å². The quantitative estimate of drug-likeness (QED) is 0.625. The fourth-order valence-corrected chi connectivity index (χ4v) is 3.75. The third kappa shape index (κ3) is 3.35. The Morgan fingerprint density at radius 3 is 2.70 bits per heavy atom. The summed E-state index contributed by atoms with van der Waals surface area (Å²) in [6.45, 7) is 4.51. The molecule has 0 unspecified atom stereocenters. The van der Waals surface area contributed by atoms with E-state index in [-0.39, 0.29) is 30.7 Å². The van der Waals surface area contributed by atoms with Gasteiger partial charge in [-0.3, -0.25) is 9.48 Å². The summed E-state index contributed by atoms with van der Waals surface area (Å²) in [5.74, 6) is -0.0156. The third-order valence-electron chi connectivity index (χ3n) is 4.86. The first kappa shape index (κ1) is 21.0. The van der Waals surface area contributed by atoms with Gasteiger partial charge in [0.2, 0.25) is 0 Å². The Kier molecular flexibility index (Phi) is 6.02. The second-order valence-electron chi connectivity index (χ2n) is 6.62. The van der Waals surface area contributed by atoms with Gasteiger partial charge in [-0.1, -0.05) is 6.07 Å². The molecule has 0 spiro atoms. The molecule has 8 heteroatoms. The van der Waals surface area contributed by atoms with E-state index in [1.165, 1.54) is 0 Å². The minimum Gasteiger partial charge on any atom is -0.398 e. The van der Waals surface area contributed by atoms with Gasteiger partial charge in [-0.25, -0.2) is 4.98 Å². The molecule has 144 valence electrons. The van der Waals surface area contributed by atoms with Crippen molar-refractivity contribution in [3.8, 4) is 0 Å². The Labute approximate surface area is 170 Å². The summed E-state index contributed by atoms with van der Waals surface area (Å²) in [7, 11) is 1.85. The molecule has 0 aliphatic carbocycles. The molecule has 4 rings (SSSR count). The number of hydrogen-bond donors (Lipinski definition) is 1. The van der Waals surface area contributed by atoms with E-state index in [1.807, 2.05) is 50.1 Å². The molecule has 1 aliphatic rings. The number of benzene rings is 1. The SMILES string of the molecule is Cc1cc(C(=O)N2CCCc3c(N)cccc32)c2c(C)nn(C)c2n1.Cl.Cl. The monoisotopic (exact) mass is 407 g/mol. The summed E-state index contributed by atoms with van der Waals surface area (Å²) >= 11 is 0. The lowest BCUT2D eigenvalue weighted by Gasteiger charge is -2.30. The van der Waals surface area contributed by atoms with Gasteiger partial charge in [0.25, 0.3) is 5.91 Å². The second-order valence-corrected chi connectivity index (χ2v) is 6.62. The van der Waals surface area contributed by atoms with Crippen LogP contribution in [0.2, 0.25) is 0 Å². The molecular formula is C19H23Cl2N5O. The van der Waals surface area contributed by atoms with Gasteiger partial charge >= 0.3 is 0 Å². The molecule has 3 aromatic rings. The number of aromatic nitrogens is 3. The number of anilines is 2. The molecule has 1 aromatic carbocycles. The highest BCUT2D eigenvalue weighted by Gasteiger charge is 2.27. The Hall–Kier alpha value is -2.31. The van der Waals surface area contributed by atoms with Crippen molar-refractivity contribution in [2.45, 2.75) is 26.7 Å². The number of amides is 1. The fraction of sp³-hybridized carbons (Fsp3) is 0.316. The van der Waals surface area contributed by atoms with Crippen LogP contribution in [0.3, 0.4) is 0 Å². The van der Waals surface area contributed by atoms with Crippen LogP contribution in [0.4, 0.5) is 11.4 Å². The van der Waals surface area contributed by atoms with Crippen molar-refractivity contribution in [3.05, 3.63) is 46.8 Å². The maximum atomic E-state index is 13.4. The summed E-state index contributed by atoms with van der Waals surface area (Å²) in [6.07, 6.45) is 1.81. The van der Waals surface area contributed by atoms with E-state index in [1.54, 1.807) is 4.68 Å². The van der Waals surface area contributed by atoms with Gasteiger partial charge in [-0.15, -0.1) is 24.8 Å². The highest BCUT2D eigenvalue weighted by Crippen LogP contribution is 2.33. The highest BCUT2D eigenvalue weighted by atomic mass is 35.5. The number of hydrogen-bond acceptors (Lipinski definition) is 4. The first-order chi connectivity index (χ1) is 12.0. The average Bonchev–Trinajstić information content (AvgIpc) is 2.87. The maximum Gasteiger partial charge on any atom is 0.259 e. The second kappa shape index (κ2) is 7.74. The molecule has 27 heavy (non-hydrogen) atoms. The zero-order chi connectivity index (χ0) is 17.7. The van der Waals surface area contributed by atoms with Crippen LogP contribution in [-0.4, -0.2) is 27.2 Å². The molecule has 6 nitrogen and oxygen atoms in total. The number of rotatable bonds is 1. The molecule has 0 radical (unpaired) electrons. The largest absolute Gasteiger partial charge is 0.398 e. The molecule has 2 aromatic heterocycles. The van der Waals surface area contributed by atoms with Crippen LogP contribution < -0.4 is 10.6 Å². The van der Waals surface area contributed by atoms with Gasteiger partial charge in [0, 0.05) is 30.7 Å². The standard InChI is InChI=1S/C19H21N5O.2ClH/c1-11-10-14(17-12(2)22-23(3)18(17)21-11)19(25)24-9-5-6-13-15(20)7-4-8-16(13)24;;/h4,7-8,10H,5-6,9,20H2,1-3H3;2*1H. The van der Waals surface area contributed by atoms with Crippen molar-refractivity contribution in [2.24, 2.45) is 7.05 Å². The van der Waals surface area contributed by atoms with E-state index in [2.05, 4.69) is 10.1 Å². The van der Waals surface area contributed by atoms with E-state index in [9.17, 15) is 4.79 Å². The number of pyridine rings is 1. The molecule has 2 N–H and O–H groups in total. The molecule has 1 amide bonds. The Morgan fingerprint density at radius 1 is 1.22 bits per heavy atom. The lowest BCUT2D eigenvalue weighted by molar-refractivity contribution is 0.0986. The van der Waals surface area contributed by atoms with Crippen molar-refractivity contribution in [3.63, 3.8) is 0 Å². The smallest absolute Gasteiger partial charge is 0.259 e. The summed E-state index contributed by atoms with van der Waals surface area (Å²) < 4.78 is 1.73. The van der Waals surface area contributed by atoms with E-state index in [4.69, 9.17) is 5.73 Å². The number of halogens is 2. The van der Waals surface area contributed by atoms with Gasteiger partial charge in [0.15, 0.2) is 5.65 Å². The van der Waals surface area contributed by atoms with Crippen LogP contribution in [0.5, 0.6) is 0 Å². The van der Waals surface area contributed by atoms with Crippen molar-refractivity contribution in [2.75, 3.05) is 17.2 Å². The molecule has 0 fully saturated rings. The number of nitrogen functional groups attached to an aromatic ring is 1. The molecule has 1 aliphatic heterocycles. The van der Waals surface area contributed by atoms with E-state index in [0.29, 0.717) is 12.1 Å². The number of carbonyl (C=O) groups excluding carboxylic acids is 1. The number of carbonyl (C=O) groups is 1. The topological polar surface area (TPSA) is 77.0 Å². The molecular weight excluding hydrogens is 385 g/mol. The third-order valence-corrected chi connectivity index (χ3v) is 4.86. The summed E-state index contributed by atoms with van der Waals surface area (Å²) in [6, 6.07) is 7.64. The predicted octanol–water partition coefficient (Wildman–Crippen LogP) is 3.60. The predicted molar refractivity (Wildman–Crippen MR) is 113 cm³/mol. The lowest BCUT2D eigenvalue weighted by Crippen LogP contribution is -2.36. The van der Waals surface area contributed by atoms with Gasteiger partial charge in [-0.05, 0) is 50.5 Å². The van der Waals surface area contributed by atoms with Crippen LogP contribution in [0.25, 0.3) is 11.0 Å². The van der Waals surface area contributed by atoms with Gasteiger partial charge in [0.05, 0.1) is 16.6 Å². The minimum absolute atomic E-state index is 0. The van der Waals surface area contributed by atoms with Crippen molar-refractivity contribution < 1.29 is 4.79 Å². The number of aryl methyl sites for hydroxylation is 3. The van der Waals surface area contributed by atoms with Crippen molar-refractivity contribution in [1.29, 1.82) is 0 Å². The average molecular weight is 408 g/mol. The van der Waals surface area contributed by atoms with Crippen LogP contribution in [0, 0.1) is 13.8 Å². The molecule has 3 heterocycles. The zero-order valence-electron chi connectivity index (χ0n) is 15.5.